The topological polar surface area (TPSA) is 41.6 Å². The minimum atomic E-state index is -0.293. The van der Waals surface area contributed by atoms with Crippen LogP contribution in [0.15, 0.2) is 72.8 Å². The zero-order chi connectivity index (χ0) is 19.7. The molecule has 0 spiro atoms. The maximum Gasteiger partial charge on any atom is 0.262 e. The Hall–Kier alpha value is -3.27. The Kier molecular flexibility index (Phi) is 4.78. The highest BCUT2D eigenvalue weighted by atomic mass is 16.5. The molecule has 1 unspecified atom stereocenters. The van der Waals surface area contributed by atoms with Gasteiger partial charge in [-0.2, -0.15) is 0 Å². The second-order valence-corrected chi connectivity index (χ2v) is 7.29. The number of methoxy groups -OCH3 is 1. The maximum atomic E-state index is 13.4. The SMILES string of the molecule is COc1ccc(C2Nc3ccccc3C(=O)N2c2ccc(C(C)C)cc2)cc1. The van der Waals surface area contributed by atoms with E-state index in [9.17, 15) is 4.79 Å². The number of nitrogens with zero attached hydrogens (tertiary/aromatic N) is 1. The molecule has 142 valence electrons. The van der Waals surface area contributed by atoms with Gasteiger partial charge in [0.25, 0.3) is 5.91 Å². The van der Waals surface area contributed by atoms with Gasteiger partial charge in [-0.3, -0.25) is 9.69 Å². The minimum Gasteiger partial charge on any atom is -0.497 e. The Morgan fingerprint density at radius 1 is 0.929 bits per heavy atom. The van der Waals surface area contributed by atoms with Gasteiger partial charge >= 0.3 is 0 Å². The van der Waals surface area contributed by atoms with Crippen LogP contribution in [-0.4, -0.2) is 13.0 Å². The number of rotatable bonds is 4. The van der Waals surface area contributed by atoms with Gasteiger partial charge in [-0.05, 0) is 53.4 Å². The molecular formula is C24H24N2O2. The molecule has 0 saturated carbocycles. The summed E-state index contributed by atoms with van der Waals surface area (Å²) in [7, 11) is 1.65. The molecular weight excluding hydrogens is 348 g/mol. The van der Waals surface area contributed by atoms with Gasteiger partial charge in [-0.1, -0.05) is 50.2 Å². The van der Waals surface area contributed by atoms with Gasteiger partial charge in [0.05, 0.1) is 12.7 Å². The molecule has 4 nitrogen and oxygen atoms in total. The van der Waals surface area contributed by atoms with Crippen molar-refractivity contribution in [1.29, 1.82) is 0 Å². The standard InChI is InChI=1S/C24H24N2O2/c1-16(2)17-8-12-19(13-9-17)26-23(18-10-14-20(28-3)15-11-18)25-22-7-5-4-6-21(22)24(26)27/h4-16,23,25H,1-3H3. The lowest BCUT2D eigenvalue weighted by atomic mass is 10.00. The van der Waals surface area contributed by atoms with Crippen LogP contribution in [0.3, 0.4) is 0 Å². The van der Waals surface area contributed by atoms with Crippen molar-refractivity contribution in [2.75, 3.05) is 17.3 Å². The monoisotopic (exact) mass is 372 g/mol. The summed E-state index contributed by atoms with van der Waals surface area (Å²) in [5.41, 5.74) is 4.65. The lowest BCUT2D eigenvalue weighted by Crippen LogP contribution is -2.43. The molecule has 4 rings (SSSR count). The van der Waals surface area contributed by atoms with Crippen molar-refractivity contribution in [3.8, 4) is 5.75 Å². The summed E-state index contributed by atoms with van der Waals surface area (Å²) in [5, 5.41) is 3.53. The first-order valence-corrected chi connectivity index (χ1v) is 9.51. The zero-order valence-electron chi connectivity index (χ0n) is 16.3. The van der Waals surface area contributed by atoms with E-state index in [0.29, 0.717) is 11.5 Å². The number of hydrogen-bond acceptors (Lipinski definition) is 3. The molecule has 3 aromatic carbocycles. The largest absolute Gasteiger partial charge is 0.497 e. The summed E-state index contributed by atoms with van der Waals surface area (Å²) in [6.45, 7) is 4.33. The molecule has 1 heterocycles. The summed E-state index contributed by atoms with van der Waals surface area (Å²) in [5.74, 6) is 1.23. The molecule has 0 fully saturated rings. The average Bonchev–Trinajstić information content (AvgIpc) is 2.74. The third-order valence-electron chi connectivity index (χ3n) is 5.20. The summed E-state index contributed by atoms with van der Waals surface area (Å²) < 4.78 is 5.28. The van der Waals surface area contributed by atoms with Crippen LogP contribution in [0.2, 0.25) is 0 Å². The minimum absolute atomic E-state index is 0.00698. The molecule has 0 aromatic heterocycles. The Bertz CT molecular complexity index is 978. The number of nitrogens with one attached hydrogen (secondary N) is 1. The molecule has 3 aromatic rings. The van der Waals surface area contributed by atoms with E-state index in [-0.39, 0.29) is 12.1 Å². The molecule has 0 bridgehead atoms. The van der Waals surface area contributed by atoms with Crippen LogP contribution in [0.1, 0.15) is 47.4 Å². The molecule has 1 atom stereocenters. The van der Waals surface area contributed by atoms with Crippen molar-refractivity contribution in [3.05, 3.63) is 89.5 Å². The fourth-order valence-electron chi connectivity index (χ4n) is 3.56. The van der Waals surface area contributed by atoms with Crippen LogP contribution in [0.5, 0.6) is 5.75 Å². The Labute approximate surface area is 165 Å². The lowest BCUT2D eigenvalue weighted by Gasteiger charge is -2.38. The maximum absolute atomic E-state index is 13.4. The first-order valence-electron chi connectivity index (χ1n) is 9.51. The average molecular weight is 372 g/mol. The number of carbonyl (C=O) groups is 1. The van der Waals surface area contributed by atoms with Crippen LogP contribution in [-0.2, 0) is 0 Å². The van der Waals surface area contributed by atoms with E-state index in [1.165, 1.54) is 5.56 Å². The number of ether oxygens (including phenoxy) is 1. The van der Waals surface area contributed by atoms with E-state index in [0.717, 1.165) is 22.7 Å². The highest BCUT2D eigenvalue weighted by Gasteiger charge is 2.33. The number of carbonyl (C=O) groups excluding carboxylic acids is 1. The van der Waals surface area contributed by atoms with Crippen molar-refractivity contribution in [2.24, 2.45) is 0 Å². The van der Waals surface area contributed by atoms with Crippen molar-refractivity contribution >= 4 is 17.3 Å². The molecule has 0 saturated heterocycles. The molecule has 0 aliphatic carbocycles. The van der Waals surface area contributed by atoms with Gasteiger partial charge < -0.3 is 10.1 Å². The number of fused-ring (bicyclic) bond motifs is 1. The molecule has 1 aliphatic heterocycles. The Balaban J connectivity index is 1.79. The molecule has 1 N–H and O–H groups in total. The normalized spacial score (nSPS) is 15.9. The van der Waals surface area contributed by atoms with E-state index in [4.69, 9.17) is 4.74 Å². The van der Waals surface area contributed by atoms with Crippen molar-refractivity contribution in [1.82, 2.24) is 0 Å². The zero-order valence-corrected chi connectivity index (χ0v) is 16.3. The summed E-state index contributed by atoms with van der Waals surface area (Å²) >= 11 is 0. The molecule has 0 radical (unpaired) electrons. The predicted octanol–water partition coefficient (Wildman–Crippen LogP) is 5.59. The number of para-hydroxylation sites is 1. The number of benzene rings is 3. The van der Waals surface area contributed by atoms with E-state index < -0.39 is 0 Å². The molecule has 1 amide bonds. The van der Waals surface area contributed by atoms with E-state index in [2.05, 4.69) is 31.3 Å². The predicted molar refractivity (Wildman–Crippen MR) is 113 cm³/mol. The van der Waals surface area contributed by atoms with E-state index in [1.54, 1.807) is 7.11 Å². The van der Waals surface area contributed by atoms with Gasteiger partial charge in [-0.25, -0.2) is 0 Å². The summed E-state index contributed by atoms with van der Waals surface area (Å²) in [6, 6.07) is 23.7. The Morgan fingerprint density at radius 2 is 1.61 bits per heavy atom. The van der Waals surface area contributed by atoms with E-state index >= 15 is 0 Å². The molecule has 4 heteroatoms. The van der Waals surface area contributed by atoms with Gasteiger partial charge in [0.15, 0.2) is 0 Å². The first kappa shape index (κ1) is 18.1. The van der Waals surface area contributed by atoms with Crippen LogP contribution < -0.4 is 15.0 Å². The third kappa shape index (κ3) is 3.22. The highest BCUT2D eigenvalue weighted by molar-refractivity contribution is 6.12. The lowest BCUT2D eigenvalue weighted by molar-refractivity contribution is 0.0975. The number of hydrogen-bond donors (Lipinski definition) is 1. The highest BCUT2D eigenvalue weighted by Crippen LogP contribution is 2.37. The van der Waals surface area contributed by atoms with Gasteiger partial charge in [0.1, 0.15) is 11.9 Å². The summed E-state index contributed by atoms with van der Waals surface area (Å²) in [6.07, 6.45) is -0.293. The van der Waals surface area contributed by atoms with Crippen molar-refractivity contribution < 1.29 is 9.53 Å². The van der Waals surface area contributed by atoms with Crippen LogP contribution in [0, 0.1) is 0 Å². The first-order chi connectivity index (χ1) is 13.6. The van der Waals surface area contributed by atoms with Gasteiger partial charge in [0.2, 0.25) is 0 Å². The van der Waals surface area contributed by atoms with Crippen molar-refractivity contribution in [3.63, 3.8) is 0 Å². The van der Waals surface area contributed by atoms with Gasteiger partial charge in [0, 0.05) is 11.4 Å². The second kappa shape index (κ2) is 7.39. The van der Waals surface area contributed by atoms with Crippen molar-refractivity contribution in [2.45, 2.75) is 25.9 Å². The van der Waals surface area contributed by atoms with Crippen LogP contribution >= 0.6 is 0 Å². The van der Waals surface area contributed by atoms with Crippen LogP contribution in [0.4, 0.5) is 11.4 Å². The second-order valence-electron chi connectivity index (χ2n) is 7.29. The number of amides is 1. The van der Waals surface area contributed by atoms with E-state index in [1.807, 2.05) is 65.6 Å². The molecule has 28 heavy (non-hydrogen) atoms. The smallest absolute Gasteiger partial charge is 0.262 e. The Morgan fingerprint density at radius 3 is 2.25 bits per heavy atom. The van der Waals surface area contributed by atoms with Gasteiger partial charge in [-0.15, -0.1) is 0 Å². The summed E-state index contributed by atoms with van der Waals surface area (Å²) in [4.78, 5) is 15.2. The molecule has 1 aliphatic rings. The quantitative estimate of drug-likeness (QED) is 0.649. The fraction of sp³-hybridized carbons (Fsp3) is 0.208. The van der Waals surface area contributed by atoms with Crippen LogP contribution in [0.25, 0.3) is 0 Å². The fourth-order valence-corrected chi connectivity index (χ4v) is 3.56. The third-order valence-corrected chi connectivity index (χ3v) is 5.20. The number of anilines is 2.